The molecule has 70 valence electrons. The number of rotatable bonds is 3. The van der Waals surface area contributed by atoms with Crippen LogP contribution in [0.3, 0.4) is 0 Å². The van der Waals surface area contributed by atoms with E-state index in [0.717, 1.165) is 5.57 Å². The third kappa shape index (κ3) is 4.97. The molecular formula is C11H16N2. The molecule has 0 aromatic heterocycles. The molecular weight excluding hydrogens is 160 g/mol. The molecule has 0 aliphatic heterocycles. The van der Waals surface area contributed by atoms with Crippen molar-refractivity contribution in [1.29, 1.82) is 5.26 Å². The summed E-state index contributed by atoms with van der Waals surface area (Å²) in [6, 6.07) is 1.98. The van der Waals surface area contributed by atoms with Gasteiger partial charge < -0.3 is 0 Å². The highest BCUT2D eigenvalue weighted by Gasteiger charge is 1.97. The molecule has 0 aliphatic carbocycles. The molecule has 1 unspecified atom stereocenters. The van der Waals surface area contributed by atoms with Gasteiger partial charge in [-0.3, -0.25) is 4.99 Å². The van der Waals surface area contributed by atoms with Crippen molar-refractivity contribution in [2.24, 2.45) is 10.9 Å². The van der Waals surface area contributed by atoms with E-state index in [1.165, 1.54) is 0 Å². The number of nitriles is 1. The molecule has 2 heteroatoms. The number of aliphatic imine (C=N–C) groups is 1. The van der Waals surface area contributed by atoms with E-state index < -0.39 is 0 Å². The van der Waals surface area contributed by atoms with E-state index in [1.54, 1.807) is 13.1 Å². The quantitative estimate of drug-likeness (QED) is 0.481. The Kier molecular flexibility index (Phi) is 5.54. The van der Waals surface area contributed by atoms with Crippen LogP contribution < -0.4 is 0 Å². The Balaban J connectivity index is 4.43. The molecule has 0 rings (SSSR count). The Hall–Kier alpha value is -1.36. The summed E-state index contributed by atoms with van der Waals surface area (Å²) >= 11 is 0. The van der Waals surface area contributed by atoms with Gasteiger partial charge in [-0.1, -0.05) is 19.1 Å². The van der Waals surface area contributed by atoms with Gasteiger partial charge in [0.25, 0.3) is 0 Å². The van der Waals surface area contributed by atoms with Crippen molar-refractivity contribution in [3.63, 3.8) is 0 Å². The number of hydrogen-bond donors (Lipinski definition) is 0. The molecule has 0 aromatic rings. The normalized spacial score (nSPS) is 15.9. The maximum absolute atomic E-state index is 8.47. The summed E-state index contributed by atoms with van der Waals surface area (Å²) in [5.74, 6) is 0.389. The summed E-state index contributed by atoms with van der Waals surface area (Å²) in [4.78, 5) is 4.01. The molecule has 0 amide bonds. The van der Waals surface area contributed by atoms with Crippen molar-refractivity contribution in [3.8, 4) is 6.07 Å². The van der Waals surface area contributed by atoms with Crippen LogP contribution in [0.4, 0.5) is 0 Å². The highest BCUT2D eigenvalue weighted by Crippen LogP contribution is 2.10. The fraction of sp³-hybridized carbons (Fsp3) is 0.455. The fourth-order valence-electron chi connectivity index (χ4n) is 0.786. The van der Waals surface area contributed by atoms with Gasteiger partial charge in [0.1, 0.15) is 11.8 Å². The topological polar surface area (TPSA) is 36.1 Å². The number of nitrogens with zero attached hydrogens (tertiary/aromatic N) is 2. The third-order valence-electron chi connectivity index (χ3n) is 1.82. The minimum absolute atomic E-state index is 0.389. The smallest absolute Gasteiger partial charge is 0.115 e. The van der Waals surface area contributed by atoms with E-state index >= 15 is 0 Å². The van der Waals surface area contributed by atoms with Crippen LogP contribution in [0.15, 0.2) is 28.9 Å². The lowest BCUT2D eigenvalue weighted by molar-refractivity contribution is 0.856. The average Bonchev–Trinajstić information content (AvgIpc) is 2.13. The van der Waals surface area contributed by atoms with Gasteiger partial charge in [0.05, 0.1) is 0 Å². The van der Waals surface area contributed by atoms with Gasteiger partial charge >= 0.3 is 0 Å². The maximum Gasteiger partial charge on any atom is 0.115 e. The van der Waals surface area contributed by atoms with Crippen molar-refractivity contribution >= 4 is 5.71 Å². The maximum atomic E-state index is 8.47. The highest BCUT2D eigenvalue weighted by atomic mass is 14.7. The average molecular weight is 176 g/mol. The summed E-state index contributed by atoms with van der Waals surface area (Å²) in [6.07, 6.45) is 5.87. The minimum Gasteiger partial charge on any atom is -0.250 e. The summed E-state index contributed by atoms with van der Waals surface area (Å²) in [5, 5.41) is 8.47. The van der Waals surface area contributed by atoms with Crippen molar-refractivity contribution in [2.45, 2.75) is 27.7 Å². The predicted molar refractivity (Wildman–Crippen MR) is 56.5 cm³/mol. The Morgan fingerprint density at radius 2 is 2.08 bits per heavy atom. The lowest BCUT2D eigenvalue weighted by atomic mass is 10.0. The second-order valence-electron chi connectivity index (χ2n) is 3.01. The second-order valence-corrected chi connectivity index (χ2v) is 3.01. The molecule has 2 nitrogen and oxygen atoms in total. The standard InChI is InChI=1S/C11H16N2/c1-5-6-9(2)10(3)8-13-11(4)7-12/h5-6,8-9H,1-4H3/b6-5-,10-8+,13-11+. The summed E-state index contributed by atoms with van der Waals surface area (Å²) < 4.78 is 0. The molecule has 13 heavy (non-hydrogen) atoms. The van der Waals surface area contributed by atoms with Crippen LogP contribution in [-0.4, -0.2) is 5.71 Å². The van der Waals surface area contributed by atoms with E-state index in [1.807, 2.05) is 26.0 Å². The van der Waals surface area contributed by atoms with Gasteiger partial charge in [0, 0.05) is 6.20 Å². The van der Waals surface area contributed by atoms with Gasteiger partial charge in [-0.05, 0) is 32.3 Å². The van der Waals surface area contributed by atoms with Crippen molar-refractivity contribution in [2.75, 3.05) is 0 Å². The molecule has 0 aliphatic rings. The fourth-order valence-corrected chi connectivity index (χ4v) is 0.786. The monoisotopic (exact) mass is 176 g/mol. The molecule has 0 fully saturated rings. The zero-order chi connectivity index (χ0) is 10.3. The van der Waals surface area contributed by atoms with Gasteiger partial charge in [0.2, 0.25) is 0 Å². The molecule has 0 aromatic carbocycles. The predicted octanol–water partition coefficient (Wildman–Crippen LogP) is 3.09. The Morgan fingerprint density at radius 1 is 1.46 bits per heavy atom. The highest BCUT2D eigenvalue weighted by molar-refractivity contribution is 5.96. The lowest BCUT2D eigenvalue weighted by Crippen LogP contribution is -1.91. The van der Waals surface area contributed by atoms with E-state index in [9.17, 15) is 0 Å². The van der Waals surface area contributed by atoms with Crippen molar-refractivity contribution < 1.29 is 0 Å². The first-order valence-corrected chi connectivity index (χ1v) is 4.35. The van der Waals surface area contributed by atoms with Gasteiger partial charge in [-0.15, -0.1) is 0 Å². The van der Waals surface area contributed by atoms with E-state index in [4.69, 9.17) is 5.26 Å². The molecule has 1 atom stereocenters. The van der Waals surface area contributed by atoms with E-state index in [-0.39, 0.29) is 0 Å². The lowest BCUT2D eigenvalue weighted by Gasteiger charge is -2.03. The van der Waals surface area contributed by atoms with E-state index in [2.05, 4.69) is 18.0 Å². The SMILES string of the molecule is C/C=C\C(C)/C(C)=C/N=C(\C)C#N. The van der Waals surface area contributed by atoms with Crippen LogP contribution in [-0.2, 0) is 0 Å². The number of allylic oxidation sites excluding steroid dienone is 3. The van der Waals surface area contributed by atoms with Crippen LogP contribution in [0.25, 0.3) is 0 Å². The van der Waals surface area contributed by atoms with Crippen molar-refractivity contribution in [3.05, 3.63) is 23.9 Å². The molecule has 0 spiro atoms. The second kappa shape index (κ2) is 6.19. The zero-order valence-electron chi connectivity index (χ0n) is 8.70. The van der Waals surface area contributed by atoms with Crippen LogP contribution >= 0.6 is 0 Å². The van der Waals surface area contributed by atoms with Gasteiger partial charge in [0.15, 0.2) is 0 Å². The van der Waals surface area contributed by atoms with Gasteiger partial charge in [-0.25, -0.2) is 0 Å². The zero-order valence-corrected chi connectivity index (χ0v) is 8.70. The van der Waals surface area contributed by atoms with Crippen LogP contribution in [0.5, 0.6) is 0 Å². The molecule has 0 saturated heterocycles. The minimum atomic E-state index is 0.389. The Morgan fingerprint density at radius 3 is 2.54 bits per heavy atom. The Bertz CT molecular complexity index is 277. The van der Waals surface area contributed by atoms with Crippen molar-refractivity contribution in [1.82, 2.24) is 0 Å². The summed E-state index contributed by atoms with van der Waals surface area (Å²) in [5.41, 5.74) is 1.65. The van der Waals surface area contributed by atoms with Crippen LogP contribution in [0.1, 0.15) is 27.7 Å². The molecule has 0 radical (unpaired) electrons. The Labute approximate surface area is 80.3 Å². The first kappa shape index (κ1) is 11.6. The van der Waals surface area contributed by atoms with E-state index in [0.29, 0.717) is 11.6 Å². The first-order chi connectivity index (χ1) is 6.11. The van der Waals surface area contributed by atoms with Crippen LogP contribution in [0.2, 0.25) is 0 Å². The third-order valence-corrected chi connectivity index (χ3v) is 1.82. The van der Waals surface area contributed by atoms with Gasteiger partial charge in [-0.2, -0.15) is 5.26 Å². The molecule has 0 bridgehead atoms. The molecule has 0 N–H and O–H groups in total. The molecule has 0 heterocycles. The van der Waals surface area contributed by atoms with Crippen LogP contribution in [0, 0.1) is 17.2 Å². The molecule has 0 saturated carbocycles. The summed E-state index contributed by atoms with van der Waals surface area (Å²) in [6.45, 7) is 7.81. The first-order valence-electron chi connectivity index (χ1n) is 4.35. The number of hydrogen-bond acceptors (Lipinski definition) is 2. The largest absolute Gasteiger partial charge is 0.250 e. The summed E-state index contributed by atoms with van der Waals surface area (Å²) in [7, 11) is 0.